The zero-order valence-electron chi connectivity index (χ0n) is 12.1. The van der Waals surface area contributed by atoms with Gasteiger partial charge in [0.15, 0.2) is 0 Å². The topological polar surface area (TPSA) is 12.0 Å². The van der Waals surface area contributed by atoms with Gasteiger partial charge >= 0.3 is 0 Å². The summed E-state index contributed by atoms with van der Waals surface area (Å²) in [4.78, 5) is 0. The quantitative estimate of drug-likeness (QED) is 0.875. The van der Waals surface area contributed by atoms with Gasteiger partial charge in [0.05, 0.1) is 0 Å². The van der Waals surface area contributed by atoms with Crippen molar-refractivity contribution in [1.29, 1.82) is 0 Å². The summed E-state index contributed by atoms with van der Waals surface area (Å²) in [5.41, 5.74) is 3.21. The lowest BCUT2D eigenvalue weighted by molar-refractivity contribution is 0.401. The van der Waals surface area contributed by atoms with Crippen LogP contribution in [0.15, 0.2) is 42.5 Å². The van der Waals surface area contributed by atoms with Gasteiger partial charge in [-0.3, -0.25) is 0 Å². The lowest BCUT2D eigenvalue weighted by Crippen LogP contribution is -2.34. The molecule has 2 atom stereocenters. The Kier molecular flexibility index (Phi) is 4.02. The minimum Gasteiger partial charge on any atom is -0.316 e. The van der Waals surface area contributed by atoms with Crippen molar-refractivity contribution in [1.82, 2.24) is 5.32 Å². The molecule has 1 heterocycles. The van der Waals surface area contributed by atoms with Crippen molar-refractivity contribution in [3.63, 3.8) is 0 Å². The first-order chi connectivity index (χ1) is 10.1. The third kappa shape index (κ3) is 3.13. The predicted octanol–water partition coefficient (Wildman–Crippen LogP) is 4.13. The third-order valence-corrected chi connectivity index (χ3v) is 4.27. The molecular weight excluding hydrogens is 268 g/mol. The average Bonchev–Trinajstić information content (AvgIpc) is 2.46. The summed E-state index contributed by atoms with van der Waals surface area (Å²) in [6.07, 6.45) is 0.890. The molecule has 2 aromatic rings. The van der Waals surface area contributed by atoms with Gasteiger partial charge in [0, 0.05) is 18.5 Å². The molecule has 1 aliphatic heterocycles. The van der Waals surface area contributed by atoms with E-state index in [1.807, 2.05) is 6.07 Å². The Labute approximate surface area is 124 Å². The van der Waals surface area contributed by atoms with Crippen LogP contribution in [-0.4, -0.2) is 13.1 Å². The molecule has 2 aromatic carbocycles. The van der Waals surface area contributed by atoms with Gasteiger partial charge in [-0.2, -0.15) is 0 Å². The average molecular weight is 287 g/mol. The number of rotatable bonds is 2. The molecule has 0 aliphatic carbocycles. The summed E-state index contributed by atoms with van der Waals surface area (Å²) in [6, 6.07) is 12.3. The molecule has 3 rings (SSSR count). The molecule has 1 fully saturated rings. The second-order valence-electron chi connectivity index (χ2n) is 5.82. The van der Waals surface area contributed by atoms with E-state index in [-0.39, 0.29) is 11.8 Å². The first-order valence-corrected chi connectivity index (χ1v) is 7.37. The van der Waals surface area contributed by atoms with E-state index in [9.17, 15) is 8.78 Å². The number of halogens is 2. The van der Waals surface area contributed by atoms with Gasteiger partial charge in [0.2, 0.25) is 0 Å². The van der Waals surface area contributed by atoms with Crippen LogP contribution in [0, 0.1) is 18.6 Å². The Balaban J connectivity index is 1.98. The lowest BCUT2D eigenvalue weighted by atomic mass is 9.77. The number of aryl methyl sites for hydroxylation is 1. The first kappa shape index (κ1) is 14.2. The largest absolute Gasteiger partial charge is 0.316 e. The second-order valence-corrected chi connectivity index (χ2v) is 5.82. The summed E-state index contributed by atoms with van der Waals surface area (Å²) < 4.78 is 27.0. The highest BCUT2D eigenvalue weighted by molar-refractivity contribution is 5.32. The number of piperidine rings is 1. The van der Waals surface area contributed by atoms with E-state index in [4.69, 9.17) is 0 Å². The highest BCUT2D eigenvalue weighted by Crippen LogP contribution is 2.38. The molecule has 3 heteroatoms. The van der Waals surface area contributed by atoms with Crippen LogP contribution < -0.4 is 5.32 Å². The van der Waals surface area contributed by atoms with E-state index < -0.39 is 11.6 Å². The van der Waals surface area contributed by atoms with Gasteiger partial charge < -0.3 is 5.32 Å². The SMILES string of the molecule is Cc1cccc(C2CNCCC2c2cc(F)cc(F)c2)c1. The van der Waals surface area contributed by atoms with Crippen LogP contribution in [0.1, 0.15) is 34.9 Å². The Morgan fingerprint density at radius 1 is 0.952 bits per heavy atom. The van der Waals surface area contributed by atoms with E-state index in [1.54, 1.807) is 0 Å². The van der Waals surface area contributed by atoms with Gasteiger partial charge in [-0.05, 0) is 49.1 Å². The van der Waals surface area contributed by atoms with Crippen molar-refractivity contribution >= 4 is 0 Å². The van der Waals surface area contributed by atoms with E-state index >= 15 is 0 Å². The van der Waals surface area contributed by atoms with Crippen LogP contribution in [0.5, 0.6) is 0 Å². The van der Waals surface area contributed by atoms with Gasteiger partial charge in [-0.25, -0.2) is 8.78 Å². The highest BCUT2D eigenvalue weighted by atomic mass is 19.1. The highest BCUT2D eigenvalue weighted by Gasteiger charge is 2.28. The molecule has 2 unspecified atom stereocenters. The molecule has 1 nitrogen and oxygen atoms in total. The maximum atomic E-state index is 13.5. The maximum Gasteiger partial charge on any atom is 0.126 e. The normalized spacial score (nSPS) is 22.2. The van der Waals surface area contributed by atoms with Crippen molar-refractivity contribution < 1.29 is 8.78 Å². The Bertz CT molecular complexity index is 619. The molecule has 1 saturated heterocycles. The minimum absolute atomic E-state index is 0.151. The summed E-state index contributed by atoms with van der Waals surface area (Å²) in [6.45, 7) is 3.79. The molecule has 21 heavy (non-hydrogen) atoms. The van der Waals surface area contributed by atoms with Gasteiger partial charge in [-0.15, -0.1) is 0 Å². The second kappa shape index (κ2) is 5.94. The van der Waals surface area contributed by atoms with Crippen molar-refractivity contribution in [3.8, 4) is 0 Å². The predicted molar refractivity (Wildman–Crippen MR) is 80.5 cm³/mol. The lowest BCUT2D eigenvalue weighted by Gasteiger charge is -2.33. The molecule has 0 amide bonds. The zero-order chi connectivity index (χ0) is 14.8. The fraction of sp³-hybridized carbons (Fsp3) is 0.333. The molecule has 0 aromatic heterocycles. The number of benzene rings is 2. The zero-order valence-corrected chi connectivity index (χ0v) is 12.1. The standard InChI is InChI=1S/C18H19F2N/c1-12-3-2-4-13(7-12)18-11-21-6-5-17(18)14-8-15(19)10-16(20)9-14/h2-4,7-10,17-18,21H,5-6,11H2,1H3. The van der Waals surface area contributed by atoms with Crippen molar-refractivity contribution in [2.24, 2.45) is 0 Å². The van der Waals surface area contributed by atoms with Gasteiger partial charge in [0.1, 0.15) is 11.6 Å². The fourth-order valence-electron chi connectivity index (χ4n) is 3.30. The van der Waals surface area contributed by atoms with Crippen LogP contribution >= 0.6 is 0 Å². The van der Waals surface area contributed by atoms with E-state index in [1.165, 1.54) is 23.3 Å². The number of hydrogen-bond donors (Lipinski definition) is 1. The number of hydrogen-bond acceptors (Lipinski definition) is 1. The molecular formula is C18H19F2N. The van der Waals surface area contributed by atoms with Crippen LogP contribution in [0.3, 0.4) is 0 Å². The molecule has 0 bridgehead atoms. The van der Waals surface area contributed by atoms with Gasteiger partial charge in [0.25, 0.3) is 0 Å². The van der Waals surface area contributed by atoms with Gasteiger partial charge in [-0.1, -0.05) is 29.8 Å². The van der Waals surface area contributed by atoms with E-state index in [0.717, 1.165) is 31.1 Å². The summed E-state index contributed by atoms with van der Waals surface area (Å²) in [5, 5.41) is 3.39. The minimum atomic E-state index is -0.494. The molecule has 110 valence electrons. The molecule has 1 aliphatic rings. The van der Waals surface area contributed by atoms with Crippen LogP contribution in [-0.2, 0) is 0 Å². The Morgan fingerprint density at radius 3 is 2.43 bits per heavy atom. The Hall–Kier alpha value is -1.74. The third-order valence-electron chi connectivity index (χ3n) is 4.27. The van der Waals surface area contributed by atoms with Crippen molar-refractivity contribution in [3.05, 3.63) is 70.8 Å². The van der Waals surface area contributed by atoms with E-state index in [2.05, 4.69) is 30.4 Å². The number of nitrogens with one attached hydrogen (secondary N) is 1. The smallest absolute Gasteiger partial charge is 0.126 e. The molecule has 0 saturated carbocycles. The van der Waals surface area contributed by atoms with Crippen LogP contribution in [0.25, 0.3) is 0 Å². The fourth-order valence-corrected chi connectivity index (χ4v) is 3.30. The van der Waals surface area contributed by atoms with Crippen molar-refractivity contribution in [2.75, 3.05) is 13.1 Å². The maximum absolute atomic E-state index is 13.5. The monoisotopic (exact) mass is 287 g/mol. The van der Waals surface area contributed by atoms with Crippen molar-refractivity contribution in [2.45, 2.75) is 25.2 Å². The molecule has 0 radical (unpaired) electrons. The van der Waals surface area contributed by atoms with E-state index in [0.29, 0.717) is 0 Å². The summed E-state index contributed by atoms with van der Waals surface area (Å²) in [5.74, 6) is -0.587. The molecule has 0 spiro atoms. The molecule has 1 N–H and O–H groups in total. The summed E-state index contributed by atoms with van der Waals surface area (Å²) >= 11 is 0. The Morgan fingerprint density at radius 2 is 1.71 bits per heavy atom. The first-order valence-electron chi connectivity index (χ1n) is 7.37. The van der Waals surface area contributed by atoms with Crippen LogP contribution in [0.2, 0.25) is 0 Å². The van der Waals surface area contributed by atoms with Crippen LogP contribution in [0.4, 0.5) is 8.78 Å². The summed E-state index contributed by atoms with van der Waals surface area (Å²) in [7, 11) is 0.